The van der Waals surface area contributed by atoms with E-state index < -0.39 is 0 Å². The summed E-state index contributed by atoms with van der Waals surface area (Å²) in [5, 5.41) is 13.1. The summed E-state index contributed by atoms with van der Waals surface area (Å²) in [6.07, 6.45) is 0. The van der Waals surface area contributed by atoms with Crippen LogP contribution in [0.15, 0.2) is 58.8 Å². The maximum absolute atomic E-state index is 11.3. The van der Waals surface area contributed by atoms with Crippen molar-refractivity contribution in [2.75, 3.05) is 5.32 Å². The molecule has 3 rings (SSSR count). The van der Waals surface area contributed by atoms with Crippen molar-refractivity contribution in [1.82, 2.24) is 4.98 Å². The Bertz CT molecular complexity index is 941. The molecule has 126 valence electrons. The number of azo groups is 1. The summed E-state index contributed by atoms with van der Waals surface area (Å²) < 4.78 is 0. The molecule has 2 aromatic carbocycles. The zero-order valence-electron chi connectivity index (χ0n) is 13.0. The molecule has 0 aliphatic heterocycles. The van der Waals surface area contributed by atoms with E-state index in [1.165, 1.54) is 18.3 Å². The van der Waals surface area contributed by atoms with Gasteiger partial charge in [-0.05, 0) is 18.2 Å². The van der Waals surface area contributed by atoms with Gasteiger partial charge in [0.2, 0.25) is 5.91 Å². The molecule has 0 fully saturated rings. The molecule has 1 aromatic heterocycles. The third kappa shape index (κ3) is 4.42. The van der Waals surface area contributed by atoms with E-state index in [0.29, 0.717) is 31.6 Å². The average molecular weight is 391 g/mol. The number of carbonyl (C=O) groups excluding carboxylic acids is 1. The van der Waals surface area contributed by atoms with Gasteiger partial charge in [0.05, 0.1) is 15.7 Å². The second-order valence-corrected chi connectivity index (χ2v) is 6.81. The molecular weight excluding hydrogens is 379 g/mol. The normalized spacial score (nSPS) is 11.0. The van der Waals surface area contributed by atoms with E-state index in [0.717, 1.165) is 5.56 Å². The van der Waals surface area contributed by atoms with E-state index >= 15 is 0 Å². The lowest BCUT2D eigenvalue weighted by Gasteiger charge is -1.98. The molecule has 25 heavy (non-hydrogen) atoms. The predicted octanol–water partition coefficient (Wildman–Crippen LogP) is 6.49. The Hall–Kier alpha value is -2.28. The van der Waals surface area contributed by atoms with Gasteiger partial charge in [-0.25, -0.2) is 4.98 Å². The molecular formula is C17H12Cl2N4OS. The monoisotopic (exact) mass is 390 g/mol. The quantitative estimate of drug-likeness (QED) is 0.517. The lowest BCUT2D eigenvalue weighted by molar-refractivity contribution is -0.114. The fraction of sp³-hybridized carbons (Fsp3) is 0.0588. The van der Waals surface area contributed by atoms with Crippen LogP contribution >= 0.6 is 34.5 Å². The van der Waals surface area contributed by atoms with Gasteiger partial charge in [-0.15, -0.1) is 10.2 Å². The second-order valence-electron chi connectivity index (χ2n) is 5.02. The Morgan fingerprint density at radius 2 is 1.84 bits per heavy atom. The minimum atomic E-state index is -0.193. The first-order chi connectivity index (χ1) is 12.0. The summed E-state index contributed by atoms with van der Waals surface area (Å²) in [6, 6.07) is 14.6. The number of nitrogens with one attached hydrogen (secondary N) is 1. The van der Waals surface area contributed by atoms with Crippen molar-refractivity contribution in [3.63, 3.8) is 0 Å². The van der Waals surface area contributed by atoms with Gasteiger partial charge >= 0.3 is 0 Å². The summed E-state index contributed by atoms with van der Waals surface area (Å²) in [4.78, 5) is 15.7. The standard InChI is InChI=1S/C17H12Cl2N4OS/c1-10(24)20-17-21-15(11-5-3-2-4-6-11)16(25-17)23-22-12-7-8-13(18)14(19)9-12/h2-9H,1H3,(H,20,21,24). The molecule has 0 unspecified atom stereocenters. The molecule has 0 atom stereocenters. The molecule has 3 aromatic rings. The smallest absolute Gasteiger partial charge is 0.223 e. The van der Waals surface area contributed by atoms with Crippen LogP contribution < -0.4 is 5.32 Å². The van der Waals surface area contributed by atoms with Crippen molar-refractivity contribution in [2.45, 2.75) is 6.92 Å². The third-order valence-corrected chi connectivity index (χ3v) is 4.69. The number of halogens is 2. The maximum atomic E-state index is 11.3. The van der Waals surface area contributed by atoms with Crippen LogP contribution in [0.1, 0.15) is 6.92 Å². The third-order valence-electron chi connectivity index (χ3n) is 3.10. The van der Waals surface area contributed by atoms with Crippen LogP contribution in [-0.4, -0.2) is 10.9 Å². The summed E-state index contributed by atoms with van der Waals surface area (Å²) in [5.74, 6) is -0.193. The van der Waals surface area contributed by atoms with E-state index in [1.54, 1.807) is 18.2 Å². The predicted molar refractivity (Wildman–Crippen MR) is 102 cm³/mol. The first kappa shape index (κ1) is 17.5. The van der Waals surface area contributed by atoms with Gasteiger partial charge in [-0.2, -0.15) is 0 Å². The number of thiazole rings is 1. The molecule has 0 aliphatic rings. The molecule has 1 amide bonds. The molecule has 5 nitrogen and oxygen atoms in total. The fourth-order valence-electron chi connectivity index (χ4n) is 2.02. The zero-order valence-corrected chi connectivity index (χ0v) is 15.4. The highest BCUT2D eigenvalue weighted by molar-refractivity contribution is 7.19. The van der Waals surface area contributed by atoms with Crippen LogP contribution in [0.2, 0.25) is 10.0 Å². The van der Waals surface area contributed by atoms with E-state index in [1.807, 2.05) is 30.3 Å². The number of anilines is 1. The molecule has 0 bridgehead atoms. The first-order valence-electron chi connectivity index (χ1n) is 7.23. The number of carbonyl (C=O) groups is 1. The topological polar surface area (TPSA) is 66.7 Å². The summed E-state index contributed by atoms with van der Waals surface area (Å²) in [5.41, 5.74) is 2.11. The van der Waals surface area contributed by atoms with Crippen LogP contribution in [0, 0.1) is 0 Å². The van der Waals surface area contributed by atoms with Gasteiger partial charge in [-0.3, -0.25) is 4.79 Å². The number of nitrogens with zero attached hydrogens (tertiary/aromatic N) is 3. The average Bonchev–Trinajstić information content (AvgIpc) is 2.99. The van der Waals surface area contributed by atoms with Gasteiger partial charge in [0.1, 0.15) is 5.69 Å². The Kier molecular flexibility index (Phi) is 5.43. The number of hydrogen-bond acceptors (Lipinski definition) is 5. The largest absolute Gasteiger partial charge is 0.302 e. The Labute approximate surface area is 158 Å². The molecule has 1 heterocycles. The van der Waals surface area contributed by atoms with Gasteiger partial charge in [-0.1, -0.05) is 64.9 Å². The van der Waals surface area contributed by atoms with Crippen molar-refractivity contribution >= 4 is 56.3 Å². The van der Waals surface area contributed by atoms with Crippen LogP contribution in [0.4, 0.5) is 15.8 Å². The number of hydrogen-bond donors (Lipinski definition) is 1. The van der Waals surface area contributed by atoms with Crippen molar-refractivity contribution < 1.29 is 4.79 Å². The van der Waals surface area contributed by atoms with Gasteiger partial charge in [0, 0.05) is 12.5 Å². The molecule has 0 spiro atoms. The molecule has 8 heteroatoms. The lowest BCUT2D eigenvalue weighted by Crippen LogP contribution is -2.04. The first-order valence-corrected chi connectivity index (χ1v) is 8.81. The van der Waals surface area contributed by atoms with Crippen LogP contribution in [0.5, 0.6) is 0 Å². The number of rotatable bonds is 4. The zero-order chi connectivity index (χ0) is 17.8. The maximum Gasteiger partial charge on any atom is 0.223 e. The van der Waals surface area contributed by atoms with E-state index in [2.05, 4.69) is 20.5 Å². The lowest BCUT2D eigenvalue weighted by atomic mass is 10.2. The summed E-state index contributed by atoms with van der Waals surface area (Å²) in [7, 11) is 0. The minimum absolute atomic E-state index is 0.193. The van der Waals surface area contributed by atoms with Gasteiger partial charge < -0.3 is 5.32 Å². The second kappa shape index (κ2) is 7.74. The highest BCUT2D eigenvalue weighted by atomic mass is 35.5. The van der Waals surface area contributed by atoms with E-state index in [9.17, 15) is 4.79 Å². The van der Waals surface area contributed by atoms with Crippen LogP contribution in [0.25, 0.3) is 11.3 Å². The van der Waals surface area contributed by atoms with Crippen molar-refractivity contribution in [2.24, 2.45) is 10.2 Å². The number of aromatic nitrogens is 1. The highest BCUT2D eigenvalue weighted by Crippen LogP contribution is 2.39. The Morgan fingerprint density at radius 1 is 1.08 bits per heavy atom. The van der Waals surface area contributed by atoms with Crippen LogP contribution in [0.3, 0.4) is 0 Å². The number of benzene rings is 2. The summed E-state index contributed by atoms with van der Waals surface area (Å²) in [6.45, 7) is 1.43. The highest BCUT2D eigenvalue weighted by Gasteiger charge is 2.14. The summed E-state index contributed by atoms with van der Waals surface area (Å²) >= 11 is 13.1. The van der Waals surface area contributed by atoms with E-state index in [-0.39, 0.29) is 5.91 Å². The molecule has 0 aliphatic carbocycles. The molecule has 0 saturated carbocycles. The van der Waals surface area contributed by atoms with Gasteiger partial charge in [0.15, 0.2) is 10.1 Å². The van der Waals surface area contributed by atoms with Crippen molar-refractivity contribution in [3.8, 4) is 11.3 Å². The van der Waals surface area contributed by atoms with Crippen molar-refractivity contribution in [3.05, 3.63) is 58.6 Å². The minimum Gasteiger partial charge on any atom is -0.302 e. The SMILES string of the molecule is CC(=O)Nc1nc(-c2ccccc2)c(N=Nc2ccc(Cl)c(Cl)c2)s1. The van der Waals surface area contributed by atoms with E-state index in [4.69, 9.17) is 23.2 Å². The van der Waals surface area contributed by atoms with Gasteiger partial charge in [0.25, 0.3) is 0 Å². The molecule has 1 N–H and O–H groups in total. The van der Waals surface area contributed by atoms with Crippen molar-refractivity contribution in [1.29, 1.82) is 0 Å². The molecule has 0 radical (unpaired) electrons. The Balaban J connectivity index is 1.98. The Morgan fingerprint density at radius 3 is 2.52 bits per heavy atom. The number of amides is 1. The van der Waals surface area contributed by atoms with Crippen LogP contribution in [-0.2, 0) is 4.79 Å². The fourth-order valence-corrected chi connectivity index (χ4v) is 3.17. The molecule has 0 saturated heterocycles.